The predicted octanol–water partition coefficient (Wildman–Crippen LogP) is -0.0726. The number of sulfone groups is 1. The lowest BCUT2D eigenvalue weighted by atomic mass is 10.0. The van der Waals surface area contributed by atoms with Crippen LogP contribution in [0.15, 0.2) is 0 Å². The van der Waals surface area contributed by atoms with E-state index in [-0.39, 0.29) is 17.9 Å². The van der Waals surface area contributed by atoms with E-state index in [0.717, 1.165) is 19.3 Å². The summed E-state index contributed by atoms with van der Waals surface area (Å²) in [5.41, 5.74) is 5.73. The minimum absolute atomic E-state index is 0.0255. The predicted molar refractivity (Wildman–Crippen MR) is 51.3 cm³/mol. The Kier molecular flexibility index (Phi) is 3.70. The van der Waals surface area contributed by atoms with Crippen LogP contribution in [-0.2, 0) is 14.6 Å². The first kappa shape index (κ1) is 10.9. The van der Waals surface area contributed by atoms with Crippen molar-refractivity contribution in [3.63, 3.8) is 0 Å². The third-order valence-electron chi connectivity index (χ3n) is 2.19. The molecule has 1 unspecified atom stereocenters. The van der Waals surface area contributed by atoms with Gasteiger partial charge in [-0.15, -0.1) is 0 Å². The van der Waals surface area contributed by atoms with Gasteiger partial charge in [-0.3, -0.25) is 0 Å². The van der Waals surface area contributed by atoms with Crippen LogP contribution < -0.4 is 5.73 Å². The standard InChI is InChI=1S/C8H17NO3S/c1-13(10,11)6-7(9)8-4-2-3-5-12-8/h7-8H,2-6,9H2,1H3/t7-,8?/m0/s1. The smallest absolute Gasteiger partial charge is 0.149 e. The zero-order valence-electron chi connectivity index (χ0n) is 7.90. The molecule has 1 aliphatic heterocycles. The molecule has 0 aliphatic carbocycles. The number of hydrogen-bond donors (Lipinski definition) is 1. The summed E-state index contributed by atoms with van der Waals surface area (Å²) in [6.45, 7) is 0.710. The lowest BCUT2D eigenvalue weighted by Crippen LogP contribution is -2.43. The summed E-state index contributed by atoms with van der Waals surface area (Å²) in [4.78, 5) is 0. The molecule has 1 heterocycles. The van der Waals surface area contributed by atoms with Crippen LogP contribution in [0.2, 0.25) is 0 Å². The molecule has 1 fully saturated rings. The van der Waals surface area contributed by atoms with Gasteiger partial charge in [-0.2, -0.15) is 0 Å². The van der Waals surface area contributed by atoms with Crippen LogP contribution in [-0.4, -0.2) is 39.2 Å². The molecule has 4 nitrogen and oxygen atoms in total. The molecule has 1 rings (SSSR count). The maximum absolute atomic E-state index is 10.9. The number of nitrogens with two attached hydrogens (primary N) is 1. The lowest BCUT2D eigenvalue weighted by Gasteiger charge is -2.27. The minimum atomic E-state index is -2.98. The fraction of sp³-hybridized carbons (Fsp3) is 1.00. The fourth-order valence-corrected chi connectivity index (χ4v) is 2.47. The van der Waals surface area contributed by atoms with Crippen molar-refractivity contribution in [3.8, 4) is 0 Å². The molecule has 0 amide bonds. The second-order valence-corrected chi connectivity index (χ2v) is 5.85. The van der Waals surface area contributed by atoms with Crippen LogP contribution in [0.1, 0.15) is 19.3 Å². The average Bonchev–Trinajstić information content (AvgIpc) is 2.03. The Morgan fingerprint density at radius 3 is 2.69 bits per heavy atom. The van der Waals surface area contributed by atoms with E-state index in [1.54, 1.807) is 0 Å². The highest BCUT2D eigenvalue weighted by Gasteiger charge is 2.24. The van der Waals surface area contributed by atoms with E-state index in [2.05, 4.69) is 0 Å². The molecule has 13 heavy (non-hydrogen) atoms. The van der Waals surface area contributed by atoms with Crippen molar-refractivity contribution in [3.05, 3.63) is 0 Å². The molecule has 78 valence electrons. The van der Waals surface area contributed by atoms with Crippen LogP contribution in [0.4, 0.5) is 0 Å². The van der Waals surface area contributed by atoms with Crippen molar-refractivity contribution < 1.29 is 13.2 Å². The van der Waals surface area contributed by atoms with Gasteiger partial charge in [-0.05, 0) is 19.3 Å². The molecule has 0 aromatic rings. The van der Waals surface area contributed by atoms with Gasteiger partial charge in [0.05, 0.1) is 11.9 Å². The highest BCUT2D eigenvalue weighted by Crippen LogP contribution is 2.15. The Hall–Kier alpha value is -0.130. The van der Waals surface area contributed by atoms with Crippen molar-refractivity contribution in [2.75, 3.05) is 18.6 Å². The van der Waals surface area contributed by atoms with Crippen molar-refractivity contribution in [1.29, 1.82) is 0 Å². The summed E-state index contributed by atoms with van der Waals surface area (Å²) in [5.74, 6) is 0.0255. The van der Waals surface area contributed by atoms with Gasteiger partial charge in [0.1, 0.15) is 9.84 Å². The fourth-order valence-electron chi connectivity index (χ4n) is 1.56. The van der Waals surface area contributed by atoms with Crippen molar-refractivity contribution in [2.45, 2.75) is 31.4 Å². The summed E-state index contributed by atoms with van der Waals surface area (Å²) in [6, 6.07) is -0.365. The monoisotopic (exact) mass is 207 g/mol. The molecule has 0 aromatic carbocycles. The van der Waals surface area contributed by atoms with Crippen molar-refractivity contribution >= 4 is 9.84 Å². The van der Waals surface area contributed by atoms with Crippen LogP contribution >= 0.6 is 0 Å². The minimum Gasteiger partial charge on any atom is -0.377 e. The Bertz CT molecular complexity index is 244. The molecular weight excluding hydrogens is 190 g/mol. The highest BCUT2D eigenvalue weighted by molar-refractivity contribution is 7.90. The van der Waals surface area contributed by atoms with Crippen LogP contribution in [0.25, 0.3) is 0 Å². The first-order chi connectivity index (χ1) is 5.99. The van der Waals surface area contributed by atoms with E-state index >= 15 is 0 Å². The van der Waals surface area contributed by atoms with Crippen LogP contribution in [0.3, 0.4) is 0 Å². The van der Waals surface area contributed by atoms with E-state index in [4.69, 9.17) is 10.5 Å². The molecule has 5 heteroatoms. The Balaban J connectivity index is 2.42. The summed E-state index contributed by atoms with van der Waals surface area (Å²) < 4.78 is 27.3. The van der Waals surface area contributed by atoms with Gasteiger partial charge >= 0.3 is 0 Å². The first-order valence-corrected chi connectivity index (χ1v) is 6.60. The summed E-state index contributed by atoms with van der Waals surface area (Å²) in [5, 5.41) is 0. The largest absolute Gasteiger partial charge is 0.377 e. The second-order valence-electron chi connectivity index (χ2n) is 3.66. The number of rotatable bonds is 3. The quantitative estimate of drug-likeness (QED) is 0.703. The Labute approximate surface area is 79.4 Å². The summed E-state index contributed by atoms with van der Waals surface area (Å²) in [7, 11) is -2.98. The molecule has 1 saturated heterocycles. The molecule has 0 aromatic heterocycles. The molecule has 0 radical (unpaired) electrons. The van der Waals surface area contributed by atoms with Gasteiger partial charge in [-0.1, -0.05) is 0 Å². The molecule has 0 bridgehead atoms. The zero-order valence-corrected chi connectivity index (χ0v) is 8.72. The highest BCUT2D eigenvalue weighted by atomic mass is 32.2. The van der Waals surface area contributed by atoms with Crippen molar-refractivity contribution in [1.82, 2.24) is 0 Å². The number of hydrogen-bond acceptors (Lipinski definition) is 4. The third kappa shape index (κ3) is 4.06. The maximum atomic E-state index is 10.9. The normalized spacial score (nSPS) is 27.1. The Morgan fingerprint density at radius 1 is 1.54 bits per heavy atom. The van der Waals surface area contributed by atoms with E-state index in [1.165, 1.54) is 6.26 Å². The molecule has 0 saturated carbocycles. The molecule has 1 aliphatic rings. The maximum Gasteiger partial charge on any atom is 0.149 e. The van der Waals surface area contributed by atoms with Crippen LogP contribution in [0.5, 0.6) is 0 Å². The summed E-state index contributed by atoms with van der Waals surface area (Å²) >= 11 is 0. The van der Waals surface area contributed by atoms with E-state index in [9.17, 15) is 8.42 Å². The molecular formula is C8H17NO3S. The van der Waals surface area contributed by atoms with Gasteiger partial charge in [0.15, 0.2) is 0 Å². The van der Waals surface area contributed by atoms with Gasteiger partial charge in [0, 0.05) is 18.9 Å². The number of ether oxygens (including phenoxy) is 1. The third-order valence-corrected chi connectivity index (χ3v) is 3.18. The zero-order chi connectivity index (χ0) is 9.90. The molecule has 2 atom stereocenters. The summed E-state index contributed by atoms with van der Waals surface area (Å²) in [6.07, 6.45) is 4.17. The van der Waals surface area contributed by atoms with Crippen LogP contribution in [0, 0.1) is 0 Å². The first-order valence-electron chi connectivity index (χ1n) is 4.54. The molecule has 0 spiro atoms. The van der Waals surface area contributed by atoms with E-state index in [1.807, 2.05) is 0 Å². The topological polar surface area (TPSA) is 69.4 Å². The Morgan fingerprint density at radius 2 is 2.23 bits per heavy atom. The van der Waals surface area contributed by atoms with Gasteiger partial charge in [0.25, 0.3) is 0 Å². The van der Waals surface area contributed by atoms with Gasteiger partial charge < -0.3 is 10.5 Å². The molecule has 2 N–H and O–H groups in total. The lowest BCUT2D eigenvalue weighted by molar-refractivity contribution is 0.00464. The SMILES string of the molecule is CS(=O)(=O)C[C@H](N)C1CCCCO1. The van der Waals surface area contributed by atoms with Gasteiger partial charge in [0.2, 0.25) is 0 Å². The van der Waals surface area contributed by atoms with E-state index in [0.29, 0.717) is 6.61 Å². The van der Waals surface area contributed by atoms with E-state index < -0.39 is 9.84 Å². The average molecular weight is 207 g/mol. The second kappa shape index (κ2) is 4.39. The van der Waals surface area contributed by atoms with Gasteiger partial charge in [-0.25, -0.2) is 8.42 Å². The van der Waals surface area contributed by atoms with Crippen molar-refractivity contribution in [2.24, 2.45) is 5.73 Å².